The second kappa shape index (κ2) is 3.61. The van der Waals surface area contributed by atoms with Gasteiger partial charge in [-0.05, 0) is 19.9 Å². The molecule has 0 spiro atoms. The molecule has 0 aliphatic rings. The summed E-state index contributed by atoms with van der Waals surface area (Å²) in [4.78, 5) is 0.0185. The monoisotopic (exact) mass is 239 g/mol. The SMILES string of the molecule is CCn1c(C)c(S(=O)(=O)O)c2ccccc21. The van der Waals surface area contributed by atoms with E-state index < -0.39 is 10.1 Å². The van der Waals surface area contributed by atoms with E-state index in [9.17, 15) is 13.0 Å². The molecule has 5 heteroatoms. The van der Waals surface area contributed by atoms with Crippen molar-refractivity contribution in [3.05, 3.63) is 30.0 Å². The molecule has 0 aliphatic heterocycles. The molecule has 1 N–H and O–H groups in total. The third-order valence-electron chi connectivity index (χ3n) is 2.75. The Bertz CT molecular complexity index is 641. The van der Waals surface area contributed by atoms with Crippen molar-refractivity contribution in [1.82, 2.24) is 4.57 Å². The summed E-state index contributed by atoms with van der Waals surface area (Å²) in [6.45, 7) is 4.31. The van der Waals surface area contributed by atoms with Gasteiger partial charge in [0.15, 0.2) is 0 Å². The van der Waals surface area contributed by atoms with E-state index in [1.807, 2.05) is 23.6 Å². The Morgan fingerprint density at radius 3 is 2.50 bits per heavy atom. The number of rotatable bonds is 2. The van der Waals surface area contributed by atoms with Crippen molar-refractivity contribution in [3.63, 3.8) is 0 Å². The molecule has 16 heavy (non-hydrogen) atoms. The van der Waals surface area contributed by atoms with Gasteiger partial charge in [-0.3, -0.25) is 4.55 Å². The Kier molecular flexibility index (Phi) is 2.52. The van der Waals surface area contributed by atoms with Gasteiger partial charge in [0.05, 0.1) is 0 Å². The first kappa shape index (κ1) is 11.2. The average Bonchev–Trinajstić information content (AvgIpc) is 2.48. The lowest BCUT2D eigenvalue weighted by molar-refractivity contribution is 0.483. The fraction of sp³-hybridized carbons (Fsp3) is 0.273. The fourth-order valence-electron chi connectivity index (χ4n) is 2.13. The van der Waals surface area contributed by atoms with Gasteiger partial charge in [-0.1, -0.05) is 18.2 Å². The van der Waals surface area contributed by atoms with E-state index in [1.165, 1.54) is 0 Å². The molecule has 0 unspecified atom stereocenters. The van der Waals surface area contributed by atoms with Crippen LogP contribution in [0.5, 0.6) is 0 Å². The van der Waals surface area contributed by atoms with Gasteiger partial charge in [0.1, 0.15) is 4.90 Å². The zero-order valence-corrected chi connectivity index (χ0v) is 9.95. The number of aromatic nitrogens is 1. The molecule has 0 saturated heterocycles. The zero-order valence-electron chi connectivity index (χ0n) is 9.14. The maximum Gasteiger partial charge on any atom is 0.296 e. The summed E-state index contributed by atoms with van der Waals surface area (Å²) in [7, 11) is -4.17. The molecule has 1 aromatic heterocycles. The molecule has 0 bridgehead atoms. The highest BCUT2D eigenvalue weighted by molar-refractivity contribution is 7.86. The van der Waals surface area contributed by atoms with Crippen molar-refractivity contribution in [2.45, 2.75) is 25.3 Å². The van der Waals surface area contributed by atoms with Crippen molar-refractivity contribution in [2.75, 3.05) is 0 Å². The summed E-state index contributed by atoms with van der Waals surface area (Å²) in [6.07, 6.45) is 0. The first-order valence-electron chi connectivity index (χ1n) is 5.02. The second-order valence-electron chi connectivity index (χ2n) is 3.65. The van der Waals surface area contributed by atoms with Crippen LogP contribution in [-0.2, 0) is 16.7 Å². The van der Waals surface area contributed by atoms with Crippen LogP contribution in [0.3, 0.4) is 0 Å². The minimum absolute atomic E-state index is 0.0185. The molecule has 2 rings (SSSR count). The molecule has 86 valence electrons. The maximum atomic E-state index is 11.3. The number of para-hydroxylation sites is 1. The summed E-state index contributed by atoms with van der Waals surface area (Å²) >= 11 is 0. The predicted octanol–water partition coefficient (Wildman–Crippen LogP) is 2.22. The van der Waals surface area contributed by atoms with E-state index in [-0.39, 0.29) is 4.90 Å². The Balaban J connectivity index is 3.00. The lowest BCUT2D eigenvalue weighted by Crippen LogP contribution is -2.02. The van der Waals surface area contributed by atoms with Gasteiger partial charge >= 0.3 is 0 Å². The van der Waals surface area contributed by atoms with Crippen LogP contribution < -0.4 is 0 Å². The van der Waals surface area contributed by atoms with E-state index >= 15 is 0 Å². The fourth-order valence-corrected chi connectivity index (χ4v) is 3.07. The smallest absolute Gasteiger partial charge is 0.296 e. The normalized spacial score (nSPS) is 12.2. The van der Waals surface area contributed by atoms with Crippen molar-refractivity contribution < 1.29 is 13.0 Å². The van der Waals surface area contributed by atoms with Crippen LogP contribution in [0.4, 0.5) is 0 Å². The molecule has 1 heterocycles. The quantitative estimate of drug-likeness (QED) is 0.817. The van der Waals surface area contributed by atoms with E-state index in [0.29, 0.717) is 17.6 Å². The highest BCUT2D eigenvalue weighted by Crippen LogP contribution is 2.29. The van der Waals surface area contributed by atoms with Crippen molar-refractivity contribution in [2.24, 2.45) is 0 Å². The van der Waals surface area contributed by atoms with E-state index in [1.54, 1.807) is 19.1 Å². The maximum absolute atomic E-state index is 11.3. The number of fused-ring (bicyclic) bond motifs is 1. The van der Waals surface area contributed by atoms with Crippen molar-refractivity contribution in [1.29, 1.82) is 0 Å². The molecule has 0 fully saturated rings. The van der Waals surface area contributed by atoms with Crippen molar-refractivity contribution in [3.8, 4) is 0 Å². The van der Waals surface area contributed by atoms with Crippen LogP contribution in [0.25, 0.3) is 10.9 Å². The van der Waals surface area contributed by atoms with Crippen LogP contribution in [0.2, 0.25) is 0 Å². The Morgan fingerprint density at radius 1 is 1.31 bits per heavy atom. The van der Waals surface area contributed by atoms with Gasteiger partial charge in [-0.25, -0.2) is 0 Å². The molecule has 0 radical (unpaired) electrons. The van der Waals surface area contributed by atoms with Crippen LogP contribution in [-0.4, -0.2) is 17.5 Å². The molecule has 2 aromatic rings. The zero-order chi connectivity index (χ0) is 11.9. The Hall–Kier alpha value is -1.33. The van der Waals surface area contributed by atoms with E-state index in [2.05, 4.69) is 0 Å². The molecular weight excluding hydrogens is 226 g/mol. The number of hydrogen-bond donors (Lipinski definition) is 1. The van der Waals surface area contributed by atoms with E-state index in [0.717, 1.165) is 5.52 Å². The largest absolute Gasteiger partial charge is 0.344 e. The highest BCUT2D eigenvalue weighted by atomic mass is 32.2. The summed E-state index contributed by atoms with van der Waals surface area (Å²) in [5.74, 6) is 0. The third-order valence-corrected chi connectivity index (χ3v) is 3.78. The molecule has 0 saturated carbocycles. The average molecular weight is 239 g/mol. The summed E-state index contributed by atoms with van der Waals surface area (Å²) in [5, 5.41) is 0.573. The molecule has 0 amide bonds. The number of benzene rings is 1. The summed E-state index contributed by atoms with van der Waals surface area (Å²) in [5.41, 5.74) is 1.40. The molecule has 4 nitrogen and oxygen atoms in total. The minimum Gasteiger partial charge on any atom is -0.344 e. The first-order chi connectivity index (χ1) is 7.46. The van der Waals surface area contributed by atoms with Gasteiger partial charge in [-0.2, -0.15) is 8.42 Å². The highest BCUT2D eigenvalue weighted by Gasteiger charge is 2.22. The van der Waals surface area contributed by atoms with Gasteiger partial charge in [-0.15, -0.1) is 0 Å². The van der Waals surface area contributed by atoms with Crippen LogP contribution in [0.15, 0.2) is 29.2 Å². The number of hydrogen-bond acceptors (Lipinski definition) is 2. The first-order valence-corrected chi connectivity index (χ1v) is 6.46. The standard InChI is InChI=1S/C11H13NO3S/c1-3-12-8(2)11(16(13,14)15)9-6-4-5-7-10(9)12/h4-7H,3H2,1-2H3,(H,13,14,15). The molecule has 0 atom stereocenters. The lowest BCUT2D eigenvalue weighted by atomic mass is 10.2. The van der Waals surface area contributed by atoms with Gasteiger partial charge < -0.3 is 4.57 Å². The summed E-state index contributed by atoms with van der Waals surface area (Å²) < 4.78 is 33.8. The Labute approximate surface area is 94.3 Å². The molecular formula is C11H13NO3S. The van der Waals surface area contributed by atoms with Crippen LogP contribution in [0.1, 0.15) is 12.6 Å². The number of nitrogens with zero attached hydrogens (tertiary/aromatic N) is 1. The molecule has 0 aliphatic carbocycles. The van der Waals surface area contributed by atoms with Gasteiger partial charge in [0, 0.05) is 23.1 Å². The van der Waals surface area contributed by atoms with Crippen molar-refractivity contribution >= 4 is 21.0 Å². The van der Waals surface area contributed by atoms with Crippen LogP contribution in [0, 0.1) is 6.92 Å². The lowest BCUT2D eigenvalue weighted by Gasteiger charge is -2.03. The minimum atomic E-state index is -4.17. The summed E-state index contributed by atoms with van der Waals surface area (Å²) in [6, 6.07) is 7.16. The topological polar surface area (TPSA) is 59.3 Å². The van der Waals surface area contributed by atoms with E-state index in [4.69, 9.17) is 0 Å². The van der Waals surface area contributed by atoms with Gasteiger partial charge in [0.25, 0.3) is 10.1 Å². The number of aryl methyl sites for hydroxylation is 1. The van der Waals surface area contributed by atoms with Gasteiger partial charge in [0.2, 0.25) is 0 Å². The third kappa shape index (κ3) is 1.52. The van der Waals surface area contributed by atoms with Crippen LogP contribution >= 0.6 is 0 Å². The predicted molar refractivity (Wildman–Crippen MR) is 62.2 cm³/mol. The molecule has 1 aromatic carbocycles. The second-order valence-corrected chi connectivity index (χ2v) is 5.01. The Morgan fingerprint density at radius 2 is 1.94 bits per heavy atom.